The molecule has 3 aromatic heterocycles. The van der Waals surface area contributed by atoms with E-state index in [1.54, 1.807) is 0 Å². The van der Waals surface area contributed by atoms with Gasteiger partial charge in [0.2, 0.25) is 0 Å². The van der Waals surface area contributed by atoms with Crippen LogP contribution in [0.3, 0.4) is 0 Å². The number of para-hydroxylation sites is 1. The van der Waals surface area contributed by atoms with Crippen LogP contribution in [0.4, 0.5) is 0 Å². The average Bonchev–Trinajstić information content (AvgIpc) is 3.74. The summed E-state index contributed by atoms with van der Waals surface area (Å²) < 4.78 is 5.11. The Morgan fingerprint density at radius 3 is 2.21 bits per heavy atom. The van der Waals surface area contributed by atoms with Crippen molar-refractivity contribution in [2.75, 3.05) is 0 Å². The maximum absolute atomic E-state index is 5.38. The summed E-state index contributed by atoms with van der Waals surface area (Å²) in [5.74, 6) is 0.794. The standard InChI is InChI=1S/C42H29N3SSi/c1-47(2)36-22-11-8-19-33(36)37-38(43-41(44-42(37)47)26-13-4-3-5-14-26)27-15-12-16-28(25-27)45-34-20-9-6-17-29(34)31-23-24-32-30-18-7-10-21-35(30)46-40(32)39(31)45/h3-25H,1-2H3. The quantitative estimate of drug-likeness (QED) is 0.181. The number of aromatic nitrogens is 3. The first kappa shape index (κ1) is 26.8. The van der Waals surface area contributed by atoms with Gasteiger partial charge in [0.05, 0.1) is 21.4 Å². The van der Waals surface area contributed by atoms with Gasteiger partial charge in [0.15, 0.2) is 5.82 Å². The van der Waals surface area contributed by atoms with Crippen molar-refractivity contribution in [3.63, 3.8) is 0 Å². The Balaban J connectivity index is 1.28. The van der Waals surface area contributed by atoms with Crippen LogP contribution in [0.2, 0.25) is 13.1 Å². The van der Waals surface area contributed by atoms with Gasteiger partial charge in [-0.2, -0.15) is 0 Å². The number of fused-ring (bicyclic) bond motifs is 10. The van der Waals surface area contributed by atoms with Gasteiger partial charge in [-0.25, -0.2) is 9.97 Å². The first-order valence-electron chi connectivity index (χ1n) is 16.1. The van der Waals surface area contributed by atoms with E-state index in [0.717, 1.165) is 28.3 Å². The van der Waals surface area contributed by atoms with Crippen LogP contribution in [0.1, 0.15) is 0 Å². The third kappa shape index (κ3) is 3.78. The molecule has 0 aliphatic carbocycles. The lowest BCUT2D eigenvalue weighted by Crippen LogP contribution is -2.50. The van der Waals surface area contributed by atoms with Crippen LogP contribution in [0, 0.1) is 0 Å². The molecule has 0 N–H and O–H groups in total. The van der Waals surface area contributed by atoms with Gasteiger partial charge >= 0.3 is 0 Å². The molecule has 1 aliphatic rings. The summed E-state index contributed by atoms with van der Waals surface area (Å²) in [6, 6.07) is 50.5. The minimum atomic E-state index is -2.05. The fourth-order valence-corrected chi connectivity index (χ4v) is 11.9. The van der Waals surface area contributed by atoms with Crippen molar-refractivity contribution in [1.82, 2.24) is 14.5 Å². The molecule has 5 heteroatoms. The normalized spacial score (nSPS) is 13.5. The molecule has 0 radical (unpaired) electrons. The molecule has 4 heterocycles. The fourth-order valence-electron chi connectivity index (χ4n) is 7.76. The third-order valence-corrected chi connectivity index (χ3v) is 14.5. The molecule has 0 saturated carbocycles. The molecule has 0 fully saturated rings. The molecule has 0 saturated heterocycles. The van der Waals surface area contributed by atoms with Crippen LogP contribution >= 0.6 is 11.3 Å². The highest BCUT2D eigenvalue weighted by Crippen LogP contribution is 2.43. The summed E-state index contributed by atoms with van der Waals surface area (Å²) >= 11 is 1.89. The van der Waals surface area contributed by atoms with Crippen molar-refractivity contribution >= 4 is 71.9 Å². The summed E-state index contributed by atoms with van der Waals surface area (Å²) in [5, 5.41) is 7.82. The van der Waals surface area contributed by atoms with E-state index in [1.165, 1.54) is 63.6 Å². The third-order valence-electron chi connectivity index (χ3n) is 9.96. The predicted molar refractivity (Wildman–Crippen MR) is 202 cm³/mol. The summed E-state index contributed by atoms with van der Waals surface area (Å²) in [7, 11) is -2.05. The zero-order valence-electron chi connectivity index (χ0n) is 26.0. The van der Waals surface area contributed by atoms with Crippen molar-refractivity contribution in [3.8, 4) is 39.5 Å². The van der Waals surface area contributed by atoms with Crippen LogP contribution in [0.25, 0.3) is 81.4 Å². The molecule has 0 bridgehead atoms. The summed E-state index contributed by atoms with van der Waals surface area (Å²) in [4.78, 5) is 10.7. The van der Waals surface area contributed by atoms with Gasteiger partial charge in [0.1, 0.15) is 8.07 Å². The Morgan fingerprint density at radius 2 is 1.32 bits per heavy atom. The topological polar surface area (TPSA) is 30.7 Å². The van der Waals surface area contributed by atoms with Crippen molar-refractivity contribution in [2.24, 2.45) is 0 Å². The van der Waals surface area contributed by atoms with Crippen molar-refractivity contribution in [1.29, 1.82) is 0 Å². The summed E-state index contributed by atoms with van der Waals surface area (Å²) in [6.07, 6.45) is 0. The maximum Gasteiger partial charge on any atom is 0.159 e. The highest BCUT2D eigenvalue weighted by molar-refractivity contribution is 7.26. The first-order valence-corrected chi connectivity index (χ1v) is 19.9. The summed E-state index contributed by atoms with van der Waals surface area (Å²) in [5.41, 5.74) is 9.24. The lowest BCUT2D eigenvalue weighted by molar-refractivity contribution is 1.18. The van der Waals surface area contributed by atoms with E-state index in [1.807, 2.05) is 11.3 Å². The van der Waals surface area contributed by atoms with Gasteiger partial charge in [0.25, 0.3) is 0 Å². The number of hydrogen-bond acceptors (Lipinski definition) is 3. The Kier molecular flexibility index (Phi) is 5.60. The zero-order chi connectivity index (χ0) is 31.3. The number of thiophene rings is 1. The van der Waals surface area contributed by atoms with Gasteiger partial charge in [-0.3, -0.25) is 0 Å². The van der Waals surface area contributed by atoms with E-state index in [-0.39, 0.29) is 0 Å². The van der Waals surface area contributed by atoms with Gasteiger partial charge in [0, 0.05) is 53.9 Å². The second-order valence-corrected chi connectivity index (χ2v) is 18.3. The van der Waals surface area contributed by atoms with E-state index in [4.69, 9.17) is 9.97 Å². The minimum Gasteiger partial charge on any atom is -0.308 e. The van der Waals surface area contributed by atoms with Crippen LogP contribution < -0.4 is 10.5 Å². The van der Waals surface area contributed by atoms with Gasteiger partial charge in [-0.1, -0.05) is 128 Å². The van der Waals surface area contributed by atoms with E-state index in [0.29, 0.717) is 0 Å². The molecule has 222 valence electrons. The molecule has 9 aromatic rings. The molecule has 47 heavy (non-hydrogen) atoms. The zero-order valence-corrected chi connectivity index (χ0v) is 27.8. The van der Waals surface area contributed by atoms with Crippen molar-refractivity contribution in [2.45, 2.75) is 13.1 Å². The van der Waals surface area contributed by atoms with E-state index < -0.39 is 8.07 Å². The first-order chi connectivity index (χ1) is 23.1. The lowest BCUT2D eigenvalue weighted by atomic mass is 10.00. The highest BCUT2D eigenvalue weighted by Gasteiger charge is 2.41. The Hall–Kier alpha value is -5.36. The molecule has 6 aromatic carbocycles. The molecule has 10 rings (SSSR count). The molecular formula is C42H29N3SSi. The molecule has 0 unspecified atom stereocenters. The number of nitrogens with zero attached hydrogens (tertiary/aromatic N) is 3. The fraction of sp³-hybridized carbons (Fsp3) is 0.0476. The van der Waals surface area contributed by atoms with Crippen LogP contribution in [0.15, 0.2) is 140 Å². The van der Waals surface area contributed by atoms with Crippen molar-refractivity contribution < 1.29 is 0 Å². The largest absolute Gasteiger partial charge is 0.308 e. The minimum absolute atomic E-state index is 0.794. The van der Waals surface area contributed by atoms with Gasteiger partial charge < -0.3 is 4.57 Å². The molecular weight excluding hydrogens is 607 g/mol. The lowest BCUT2D eigenvalue weighted by Gasteiger charge is -2.19. The predicted octanol–water partition coefficient (Wildman–Crippen LogP) is 10.1. The Morgan fingerprint density at radius 1 is 0.596 bits per heavy atom. The number of benzene rings is 6. The van der Waals surface area contributed by atoms with E-state index >= 15 is 0 Å². The number of hydrogen-bond donors (Lipinski definition) is 0. The van der Waals surface area contributed by atoms with Crippen LogP contribution in [-0.2, 0) is 0 Å². The highest BCUT2D eigenvalue weighted by atomic mass is 32.1. The average molecular weight is 636 g/mol. The molecule has 0 amide bonds. The Bertz CT molecular complexity index is 2720. The maximum atomic E-state index is 5.38. The van der Waals surface area contributed by atoms with Crippen LogP contribution in [0.5, 0.6) is 0 Å². The second-order valence-electron chi connectivity index (χ2n) is 13.0. The molecule has 1 aliphatic heterocycles. The number of rotatable bonds is 3. The van der Waals surface area contributed by atoms with E-state index in [2.05, 4.69) is 157 Å². The second kappa shape index (κ2) is 9.82. The molecule has 0 spiro atoms. The Labute approximate surface area is 277 Å². The SMILES string of the molecule is C[Si]1(C)c2ccccc2-c2c(-c3cccc(-n4c5ccccc5c5ccc6c7ccccc7sc6c54)c3)nc(-c3ccccc3)nc21. The molecule has 3 nitrogen and oxygen atoms in total. The monoisotopic (exact) mass is 635 g/mol. The van der Waals surface area contributed by atoms with Crippen molar-refractivity contribution in [3.05, 3.63) is 140 Å². The van der Waals surface area contributed by atoms with Gasteiger partial charge in [-0.15, -0.1) is 11.3 Å². The molecule has 0 atom stereocenters. The van der Waals surface area contributed by atoms with Gasteiger partial charge in [-0.05, 0) is 35.0 Å². The van der Waals surface area contributed by atoms with Crippen LogP contribution in [-0.4, -0.2) is 22.6 Å². The smallest absolute Gasteiger partial charge is 0.159 e. The summed E-state index contributed by atoms with van der Waals surface area (Å²) in [6.45, 7) is 4.85. The van der Waals surface area contributed by atoms with E-state index in [9.17, 15) is 0 Å².